The summed E-state index contributed by atoms with van der Waals surface area (Å²) in [5.74, 6) is 0.314. The number of carbonyl (C=O) groups is 1. The predicted molar refractivity (Wildman–Crippen MR) is 90.3 cm³/mol. The monoisotopic (exact) mass is 323 g/mol. The molecule has 3 N–H and O–H groups in total. The van der Waals surface area contributed by atoms with Crippen LogP contribution in [0, 0.1) is 11.3 Å². The first-order chi connectivity index (χ1) is 11.6. The highest BCUT2D eigenvalue weighted by atomic mass is 16.5. The Morgan fingerprint density at radius 1 is 1.29 bits per heavy atom. The molecular formula is C18H17N3O3. The molecule has 0 atom stereocenters. The van der Waals surface area contributed by atoms with Crippen LogP contribution in [0.1, 0.15) is 5.56 Å². The fraction of sp³-hybridized carbons (Fsp3) is 0.111. The highest BCUT2D eigenvalue weighted by Crippen LogP contribution is 2.14. The maximum Gasteiger partial charge on any atom is 0.267 e. The van der Waals surface area contributed by atoms with Crippen LogP contribution in [-0.2, 0) is 11.3 Å². The molecular weight excluding hydrogens is 306 g/mol. The maximum atomic E-state index is 12.0. The minimum atomic E-state index is -0.527. The summed E-state index contributed by atoms with van der Waals surface area (Å²) in [7, 11) is 1.59. The number of hydrogen-bond donors (Lipinski definition) is 3. The molecule has 0 fully saturated rings. The van der Waals surface area contributed by atoms with Gasteiger partial charge in [0.05, 0.1) is 7.11 Å². The lowest BCUT2D eigenvalue weighted by molar-refractivity contribution is -0.112. The van der Waals surface area contributed by atoms with Crippen LogP contribution in [0.2, 0.25) is 0 Å². The SMILES string of the molecule is COc1cccc(CN/C=C(/C#N)C(=O)Nc2ccc(O)cc2)c1. The summed E-state index contributed by atoms with van der Waals surface area (Å²) < 4.78 is 5.14. The van der Waals surface area contributed by atoms with Gasteiger partial charge in [-0.1, -0.05) is 12.1 Å². The largest absolute Gasteiger partial charge is 0.508 e. The van der Waals surface area contributed by atoms with E-state index in [9.17, 15) is 9.90 Å². The Morgan fingerprint density at radius 2 is 2.04 bits per heavy atom. The number of methoxy groups -OCH3 is 1. The molecule has 0 saturated heterocycles. The van der Waals surface area contributed by atoms with Gasteiger partial charge in [-0.3, -0.25) is 4.79 Å². The van der Waals surface area contributed by atoms with Crippen LogP contribution in [0.5, 0.6) is 11.5 Å². The minimum absolute atomic E-state index is 0.0500. The van der Waals surface area contributed by atoms with Gasteiger partial charge in [-0.15, -0.1) is 0 Å². The van der Waals surface area contributed by atoms with E-state index >= 15 is 0 Å². The van der Waals surface area contributed by atoms with E-state index in [2.05, 4.69) is 10.6 Å². The summed E-state index contributed by atoms with van der Waals surface area (Å²) in [6, 6.07) is 15.3. The number of aromatic hydroxyl groups is 1. The van der Waals surface area contributed by atoms with Crippen LogP contribution in [0.4, 0.5) is 5.69 Å². The second-order valence-electron chi connectivity index (χ2n) is 4.90. The number of benzene rings is 2. The number of carbonyl (C=O) groups excluding carboxylic acids is 1. The smallest absolute Gasteiger partial charge is 0.267 e. The molecule has 0 aliphatic carbocycles. The number of amides is 1. The van der Waals surface area contributed by atoms with Crippen molar-refractivity contribution in [2.75, 3.05) is 12.4 Å². The van der Waals surface area contributed by atoms with E-state index in [1.807, 2.05) is 30.3 Å². The van der Waals surface area contributed by atoms with E-state index in [1.165, 1.54) is 18.3 Å². The molecule has 122 valence electrons. The van der Waals surface area contributed by atoms with Gasteiger partial charge in [0.25, 0.3) is 5.91 Å². The van der Waals surface area contributed by atoms with Crippen LogP contribution >= 0.6 is 0 Å². The Morgan fingerprint density at radius 3 is 2.71 bits per heavy atom. The van der Waals surface area contributed by atoms with Gasteiger partial charge in [0.2, 0.25) is 0 Å². The summed E-state index contributed by atoms with van der Waals surface area (Å²) in [6.07, 6.45) is 1.37. The predicted octanol–water partition coefficient (Wildman–Crippen LogP) is 2.54. The second-order valence-corrected chi connectivity index (χ2v) is 4.90. The fourth-order valence-electron chi connectivity index (χ4n) is 1.95. The zero-order valence-electron chi connectivity index (χ0n) is 13.1. The zero-order valence-corrected chi connectivity index (χ0v) is 13.1. The van der Waals surface area contributed by atoms with Crippen molar-refractivity contribution in [2.24, 2.45) is 0 Å². The summed E-state index contributed by atoms with van der Waals surface area (Å²) in [5, 5.41) is 23.9. The van der Waals surface area contributed by atoms with Gasteiger partial charge >= 0.3 is 0 Å². The Hall–Kier alpha value is -3.46. The Kier molecular flexibility index (Phi) is 5.81. The Bertz CT molecular complexity index is 777. The molecule has 24 heavy (non-hydrogen) atoms. The third-order valence-corrected chi connectivity index (χ3v) is 3.18. The lowest BCUT2D eigenvalue weighted by Crippen LogP contribution is -2.16. The van der Waals surface area contributed by atoms with Gasteiger partial charge in [0.1, 0.15) is 23.1 Å². The number of phenols is 1. The number of nitrogens with zero attached hydrogens (tertiary/aromatic N) is 1. The first kappa shape index (κ1) is 16.9. The molecule has 2 aromatic rings. The third-order valence-electron chi connectivity index (χ3n) is 3.18. The average molecular weight is 323 g/mol. The van der Waals surface area contributed by atoms with Crippen LogP contribution in [0.15, 0.2) is 60.3 Å². The van der Waals surface area contributed by atoms with Crippen LogP contribution in [0.25, 0.3) is 0 Å². The van der Waals surface area contributed by atoms with E-state index < -0.39 is 5.91 Å². The molecule has 1 amide bonds. The van der Waals surface area contributed by atoms with Crippen molar-refractivity contribution in [3.8, 4) is 17.6 Å². The van der Waals surface area contributed by atoms with Crippen molar-refractivity contribution in [1.82, 2.24) is 5.32 Å². The lowest BCUT2D eigenvalue weighted by Gasteiger charge is -2.06. The maximum absolute atomic E-state index is 12.0. The van der Waals surface area contributed by atoms with E-state index in [-0.39, 0.29) is 11.3 Å². The van der Waals surface area contributed by atoms with Crippen LogP contribution < -0.4 is 15.4 Å². The standard InChI is InChI=1S/C18H17N3O3/c1-24-17-4-2-3-13(9-17)11-20-12-14(10-19)18(23)21-15-5-7-16(22)8-6-15/h2-9,12,20,22H,11H2,1H3,(H,21,23)/b14-12-. The highest BCUT2D eigenvalue weighted by molar-refractivity contribution is 6.06. The number of hydrogen-bond acceptors (Lipinski definition) is 5. The van der Waals surface area contributed by atoms with Crippen molar-refractivity contribution >= 4 is 11.6 Å². The fourth-order valence-corrected chi connectivity index (χ4v) is 1.95. The molecule has 0 bridgehead atoms. The zero-order chi connectivity index (χ0) is 17.4. The van der Waals surface area contributed by atoms with Crippen LogP contribution in [0.3, 0.4) is 0 Å². The first-order valence-corrected chi connectivity index (χ1v) is 7.19. The number of ether oxygens (including phenoxy) is 1. The molecule has 0 radical (unpaired) electrons. The van der Waals surface area contributed by atoms with E-state index in [0.29, 0.717) is 12.2 Å². The minimum Gasteiger partial charge on any atom is -0.508 e. The summed E-state index contributed by atoms with van der Waals surface area (Å²) in [4.78, 5) is 12.0. The highest BCUT2D eigenvalue weighted by Gasteiger charge is 2.09. The van der Waals surface area contributed by atoms with Crippen LogP contribution in [-0.4, -0.2) is 18.1 Å². The summed E-state index contributed by atoms with van der Waals surface area (Å²) >= 11 is 0. The van der Waals surface area contributed by atoms with Gasteiger partial charge in [-0.05, 0) is 42.0 Å². The molecule has 6 heteroatoms. The van der Waals surface area contributed by atoms with Gasteiger partial charge in [0, 0.05) is 18.4 Å². The van der Waals surface area contributed by atoms with Gasteiger partial charge in [0.15, 0.2) is 0 Å². The van der Waals surface area contributed by atoms with E-state index in [0.717, 1.165) is 11.3 Å². The lowest BCUT2D eigenvalue weighted by atomic mass is 10.2. The van der Waals surface area contributed by atoms with Crippen molar-refractivity contribution in [3.63, 3.8) is 0 Å². The summed E-state index contributed by atoms with van der Waals surface area (Å²) in [6.45, 7) is 0.453. The number of nitrogens with one attached hydrogen (secondary N) is 2. The molecule has 0 aliphatic heterocycles. The molecule has 0 unspecified atom stereocenters. The number of rotatable bonds is 6. The number of nitriles is 1. The van der Waals surface area contributed by atoms with Crippen molar-refractivity contribution in [1.29, 1.82) is 5.26 Å². The van der Waals surface area contributed by atoms with Gasteiger partial charge in [-0.25, -0.2) is 0 Å². The number of phenolic OH excluding ortho intramolecular Hbond substituents is 1. The van der Waals surface area contributed by atoms with E-state index in [1.54, 1.807) is 19.2 Å². The molecule has 0 aliphatic rings. The normalized spacial score (nSPS) is 10.6. The van der Waals surface area contributed by atoms with E-state index in [4.69, 9.17) is 10.00 Å². The molecule has 0 heterocycles. The third kappa shape index (κ3) is 4.78. The molecule has 0 aromatic heterocycles. The Balaban J connectivity index is 1.96. The number of anilines is 1. The molecule has 2 aromatic carbocycles. The molecule has 0 saturated carbocycles. The quantitative estimate of drug-likeness (QED) is 0.431. The van der Waals surface area contributed by atoms with Crippen molar-refractivity contribution < 1.29 is 14.6 Å². The average Bonchev–Trinajstić information content (AvgIpc) is 2.61. The first-order valence-electron chi connectivity index (χ1n) is 7.19. The van der Waals surface area contributed by atoms with Gasteiger partial charge in [-0.2, -0.15) is 5.26 Å². The molecule has 6 nitrogen and oxygen atoms in total. The van der Waals surface area contributed by atoms with Crippen molar-refractivity contribution in [3.05, 3.63) is 65.9 Å². The molecule has 0 spiro atoms. The van der Waals surface area contributed by atoms with Crippen molar-refractivity contribution in [2.45, 2.75) is 6.54 Å². The van der Waals surface area contributed by atoms with Gasteiger partial charge < -0.3 is 20.5 Å². The topological polar surface area (TPSA) is 94.4 Å². The summed E-state index contributed by atoms with van der Waals surface area (Å²) in [5.41, 5.74) is 1.40. The Labute approximate surface area is 140 Å². The second kappa shape index (κ2) is 8.25. The molecule has 2 rings (SSSR count).